The molecule has 0 spiro atoms. The van der Waals surface area contributed by atoms with Crippen LogP contribution in [0.4, 0.5) is 0 Å². The number of carbonyl (C=O) groups excluding carboxylic acids is 1. The van der Waals surface area contributed by atoms with E-state index in [1.165, 1.54) is 6.07 Å². The molecule has 0 aromatic heterocycles. The summed E-state index contributed by atoms with van der Waals surface area (Å²) in [6.07, 6.45) is 3.46. The summed E-state index contributed by atoms with van der Waals surface area (Å²) in [7, 11) is 0. The van der Waals surface area contributed by atoms with Gasteiger partial charge in [0.1, 0.15) is 12.9 Å². The Morgan fingerprint density at radius 3 is 3.00 bits per heavy atom. The van der Waals surface area contributed by atoms with Crippen LogP contribution in [0.3, 0.4) is 0 Å². The van der Waals surface area contributed by atoms with Crippen molar-refractivity contribution in [3.05, 3.63) is 34.9 Å². The zero-order chi connectivity index (χ0) is 10.8. The standard InChI is InChI=1S/C12H12O3/c1-8-2-3-10-4-9(6-13)5-11(14)12(10)15-7-8/h2,4-6,14H,3,7H2,1H3. The van der Waals surface area contributed by atoms with E-state index in [0.29, 0.717) is 24.3 Å². The Labute approximate surface area is 88.0 Å². The molecule has 1 N–H and O–H groups in total. The van der Waals surface area contributed by atoms with Gasteiger partial charge in [0.25, 0.3) is 0 Å². The van der Waals surface area contributed by atoms with Crippen LogP contribution < -0.4 is 4.74 Å². The lowest BCUT2D eigenvalue weighted by Crippen LogP contribution is -1.98. The molecule has 0 saturated heterocycles. The molecule has 15 heavy (non-hydrogen) atoms. The number of benzene rings is 1. The average molecular weight is 204 g/mol. The van der Waals surface area contributed by atoms with E-state index in [1.54, 1.807) is 6.07 Å². The third-order valence-electron chi connectivity index (χ3n) is 2.42. The molecule has 0 aliphatic carbocycles. The van der Waals surface area contributed by atoms with Gasteiger partial charge in [0.05, 0.1) is 0 Å². The van der Waals surface area contributed by atoms with Crippen molar-refractivity contribution in [2.75, 3.05) is 6.61 Å². The summed E-state index contributed by atoms with van der Waals surface area (Å²) in [6.45, 7) is 2.46. The van der Waals surface area contributed by atoms with Crippen molar-refractivity contribution in [2.24, 2.45) is 0 Å². The Bertz CT molecular complexity index is 433. The highest BCUT2D eigenvalue weighted by Crippen LogP contribution is 2.33. The Kier molecular flexibility index (Phi) is 2.46. The number of aromatic hydroxyl groups is 1. The van der Waals surface area contributed by atoms with E-state index in [-0.39, 0.29) is 5.75 Å². The van der Waals surface area contributed by atoms with Crippen molar-refractivity contribution < 1.29 is 14.6 Å². The molecule has 78 valence electrons. The van der Waals surface area contributed by atoms with Crippen molar-refractivity contribution in [1.29, 1.82) is 0 Å². The second-order valence-electron chi connectivity index (χ2n) is 3.69. The number of hydrogen-bond acceptors (Lipinski definition) is 3. The number of hydrogen-bond donors (Lipinski definition) is 1. The van der Waals surface area contributed by atoms with Crippen LogP contribution >= 0.6 is 0 Å². The molecule has 2 rings (SSSR count). The molecule has 3 nitrogen and oxygen atoms in total. The normalized spacial score (nSPS) is 14.6. The smallest absolute Gasteiger partial charge is 0.164 e. The van der Waals surface area contributed by atoms with E-state index in [2.05, 4.69) is 0 Å². The molecule has 1 aliphatic rings. The minimum Gasteiger partial charge on any atom is -0.504 e. The zero-order valence-corrected chi connectivity index (χ0v) is 8.49. The monoisotopic (exact) mass is 204 g/mol. The third-order valence-corrected chi connectivity index (χ3v) is 2.42. The van der Waals surface area contributed by atoms with Gasteiger partial charge in [-0.1, -0.05) is 6.08 Å². The molecule has 0 radical (unpaired) electrons. The van der Waals surface area contributed by atoms with Crippen molar-refractivity contribution in [3.8, 4) is 11.5 Å². The summed E-state index contributed by atoms with van der Waals surface area (Å²) in [6, 6.07) is 3.17. The van der Waals surface area contributed by atoms with Crippen molar-refractivity contribution in [1.82, 2.24) is 0 Å². The minimum absolute atomic E-state index is 0.0395. The van der Waals surface area contributed by atoms with Gasteiger partial charge in [0.15, 0.2) is 11.5 Å². The zero-order valence-electron chi connectivity index (χ0n) is 8.49. The topological polar surface area (TPSA) is 46.5 Å². The number of rotatable bonds is 1. The molecular formula is C12H12O3. The van der Waals surface area contributed by atoms with Crippen molar-refractivity contribution in [2.45, 2.75) is 13.3 Å². The number of ether oxygens (including phenoxy) is 1. The number of allylic oxidation sites excluding steroid dienone is 1. The fraction of sp³-hybridized carbons (Fsp3) is 0.250. The van der Waals surface area contributed by atoms with Gasteiger partial charge in [-0.15, -0.1) is 0 Å². The SMILES string of the molecule is CC1=CCc2cc(C=O)cc(O)c2OC1. The van der Waals surface area contributed by atoms with E-state index < -0.39 is 0 Å². The summed E-state index contributed by atoms with van der Waals surface area (Å²) < 4.78 is 5.46. The van der Waals surface area contributed by atoms with E-state index >= 15 is 0 Å². The van der Waals surface area contributed by atoms with Gasteiger partial charge in [-0.2, -0.15) is 0 Å². The molecule has 0 fully saturated rings. The van der Waals surface area contributed by atoms with E-state index in [9.17, 15) is 9.90 Å². The molecule has 1 aromatic rings. The second-order valence-corrected chi connectivity index (χ2v) is 3.69. The summed E-state index contributed by atoms with van der Waals surface area (Å²) in [5.41, 5.74) is 2.45. The van der Waals surface area contributed by atoms with Gasteiger partial charge in [0.2, 0.25) is 0 Å². The summed E-state index contributed by atoms with van der Waals surface area (Å²) in [4.78, 5) is 10.6. The number of fused-ring (bicyclic) bond motifs is 1. The van der Waals surface area contributed by atoms with Gasteiger partial charge in [-0.25, -0.2) is 0 Å². The number of phenolic OH excluding ortho intramolecular Hbond substituents is 1. The first-order chi connectivity index (χ1) is 7.20. The Morgan fingerprint density at radius 2 is 2.27 bits per heavy atom. The number of phenols is 1. The van der Waals surface area contributed by atoms with Gasteiger partial charge in [0, 0.05) is 11.1 Å². The summed E-state index contributed by atoms with van der Waals surface area (Å²) in [5, 5.41) is 9.67. The minimum atomic E-state index is 0.0395. The molecule has 1 aromatic carbocycles. The van der Waals surface area contributed by atoms with Crippen LogP contribution in [-0.4, -0.2) is 18.0 Å². The van der Waals surface area contributed by atoms with Crippen LogP contribution in [0.2, 0.25) is 0 Å². The van der Waals surface area contributed by atoms with Crippen LogP contribution in [0.25, 0.3) is 0 Å². The fourth-order valence-corrected chi connectivity index (χ4v) is 1.61. The largest absolute Gasteiger partial charge is 0.504 e. The first-order valence-corrected chi connectivity index (χ1v) is 4.80. The van der Waals surface area contributed by atoms with Crippen LogP contribution in [0.15, 0.2) is 23.8 Å². The third kappa shape index (κ3) is 1.86. The fourth-order valence-electron chi connectivity index (χ4n) is 1.61. The van der Waals surface area contributed by atoms with Crippen LogP contribution in [0, 0.1) is 0 Å². The van der Waals surface area contributed by atoms with Crippen molar-refractivity contribution in [3.63, 3.8) is 0 Å². The molecule has 0 atom stereocenters. The number of carbonyl (C=O) groups is 1. The quantitative estimate of drug-likeness (QED) is 0.562. The van der Waals surface area contributed by atoms with Crippen molar-refractivity contribution >= 4 is 6.29 Å². The molecule has 0 bridgehead atoms. The number of aldehydes is 1. The van der Waals surface area contributed by atoms with Gasteiger partial charge in [-0.3, -0.25) is 4.79 Å². The molecule has 1 aliphatic heterocycles. The Balaban J connectivity index is 2.49. The lowest BCUT2D eigenvalue weighted by molar-refractivity contribution is 0.112. The average Bonchev–Trinajstić information content (AvgIpc) is 2.41. The molecule has 3 heteroatoms. The predicted molar refractivity (Wildman–Crippen MR) is 56.5 cm³/mol. The highest BCUT2D eigenvalue weighted by molar-refractivity contribution is 5.77. The highest BCUT2D eigenvalue weighted by atomic mass is 16.5. The lowest BCUT2D eigenvalue weighted by Gasteiger charge is -2.09. The first kappa shape index (κ1) is 9.77. The first-order valence-electron chi connectivity index (χ1n) is 4.80. The lowest BCUT2D eigenvalue weighted by atomic mass is 10.1. The Hall–Kier alpha value is -1.77. The van der Waals surface area contributed by atoms with Crippen LogP contribution in [-0.2, 0) is 6.42 Å². The van der Waals surface area contributed by atoms with Crippen LogP contribution in [0.1, 0.15) is 22.8 Å². The maximum absolute atomic E-state index is 10.6. The molecule has 1 heterocycles. The Morgan fingerprint density at radius 1 is 1.47 bits per heavy atom. The van der Waals surface area contributed by atoms with Gasteiger partial charge >= 0.3 is 0 Å². The second kappa shape index (κ2) is 3.77. The van der Waals surface area contributed by atoms with Gasteiger partial charge < -0.3 is 9.84 Å². The van der Waals surface area contributed by atoms with E-state index in [4.69, 9.17) is 4.74 Å². The molecule has 0 unspecified atom stereocenters. The molecule has 0 saturated carbocycles. The van der Waals surface area contributed by atoms with Gasteiger partial charge in [-0.05, 0) is 31.1 Å². The van der Waals surface area contributed by atoms with E-state index in [1.807, 2.05) is 13.0 Å². The van der Waals surface area contributed by atoms with Crippen LogP contribution in [0.5, 0.6) is 11.5 Å². The summed E-state index contributed by atoms with van der Waals surface area (Å²) >= 11 is 0. The summed E-state index contributed by atoms with van der Waals surface area (Å²) in [5.74, 6) is 0.534. The predicted octanol–water partition coefficient (Wildman–Crippen LogP) is 2.09. The molecular weight excluding hydrogens is 192 g/mol. The highest BCUT2D eigenvalue weighted by Gasteiger charge is 2.13. The molecule has 0 amide bonds. The van der Waals surface area contributed by atoms with E-state index in [0.717, 1.165) is 17.4 Å². The maximum Gasteiger partial charge on any atom is 0.164 e. The maximum atomic E-state index is 10.6.